The molecule has 0 heterocycles. The first-order valence-electron chi connectivity index (χ1n) is 27.7. The molecule has 0 saturated heterocycles. The molecule has 0 aromatic heterocycles. The van der Waals surface area contributed by atoms with Crippen LogP contribution in [0.2, 0.25) is 0 Å². The third-order valence-electron chi connectivity index (χ3n) is 12.9. The second-order valence-electron chi connectivity index (χ2n) is 19.2. The number of carbonyl (C=O) groups is 6. The van der Waals surface area contributed by atoms with E-state index in [1.165, 1.54) is 89.9 Å². The Morgan fingerprint density at radius 1 is 0.418 bits per heavy atom. The lowest BCUT2D eigenvalue weighted by Crippen LogP contribution is -2.52. The molecule has 0 aromatic carbocycles. The highest BCUT2D eigenvalue weighted by Gasteiger charge is 2.25. The van der Waals surface area contributed by atoms with Gasteiger partial charge in [-0.3, -0.25) is 28.8 Å². The fourth-order valence-electron chi connectivity index (χ4n) is 8.38. The number of nitrogens with one attached hydrogen (secondary N) is 3. The summed E-state index contributed by atoms with van der Waals surface area (Å²) in [7, 11) is 0. The van der Waals surface area contributed by atoms with Gasteiger partial charge in [-0.25, -0.2) is 0 Å². The molecule has 2 unspecified atom stereocenters. The van der Waals surface area contributed by atoms with Crippen LogP contribution in [0.5, 0.6) is 0 Å². The number of hydrogen-bond acceptors (Lipinski definition) is 9. The van der Waals surface area contributed by atoms with E-state index < -0.39 is 29.8 Å². The average molecular weight is 950 g/mol. The summed E-state index contributed by atoms with van der Waals surface area (Å²) in [5, 5.41) is 8.49. The first-order valence-corrected chi connectivity index (χ1v) is 27.7. The largest absolute Gasteiger partial charge is 0.465 e. The molecular formula is C54H103N5O8. The Kier molecular flexibility index (Phi) is 44.3. The smallest absolute Gasteiger partial charge is 0.308 e. The van der Waals surface area contributed by atoms with Crippen molar-refractivity contribution in [3.63, 3.8) is 0 Å². The zero-order valence-corrected chi connectivity index (χ0v) is 43.5. The van der Waals surface area contributed by atoms with Crippen LogP contribution in [0.4, 0.5) is 0 Å². The maximum atomic E-state index is 13.3. The van der Waals surface area contributed by atoms with Gasteiger partial charge in [0.15, 0.2) is 0 Å². The third kappa shape index (κ3) is 39.3. The molecule has 67 heavy (non-hydrogen) atoms. The van der Waals surface area contributed by atoms with Gasteiger partial charge in [0.2, 0.25) is 23.6 Å². The van der Waals surface area contributed by atoms with Gasteiger partial charge >= 0.3 is 11.9 Å². The molecule has 0 radical (unpaired) electrons. The molecule has 0 saturated carbocycles. The molecular weight excluding hydrogens is 847 g/mol. The quantitative estimate of drug-likeness (QED) is 0.0290. The van der Waals surface area contributed by atoms with Crippen molar-refractivity contribution in [2.45, 2.75) is 271 Å². The number of hydrogen-bond donors (Lipinski definition) is 5. The summed E-state index contributed by atoms with van der Waals surface area (Å²) in [6.07, 6.45) is 33.9. The molecule has 392 valence electrons. The standard InChI is InChI=1S/C54H103N5O8/c1-5-9-13-17-19-27-35-45(33-25-15-11-7-3)53(64)66-43-31-23-21-29-41-57-50(61)40-38-48(59-51(62)47(55)37-39-49(56)60)52(63)58-42-30-22-24-32-44-67-54(65)46(34-26-16-12-8-4)36-28-20-18-14-10-6-2/h45-48H,5-44,55H2,1-4H3,(H2,56,60)(H,57,61)(H,58,63)(H,59,62)/t45?,46?,47-,48-/m0/s1. The summed E-state index contributed by atoms with van der Waals surface area (Å²) in [5.41, 5.74) is 11.2. The van der Waals surface area contributed by atoms with Gasteiger partial charge in [-0.1, -0.05) is 169 Å². The van der Waals surface area contributed by atoms with Crippen molar-refractivity contribution in [3.05, 3.63) is 0 Å². The minimum atomic E-state index is -1.02. The Morgan fingerprint density at radius 3 is 1.22 bits per heavy atom. The fraction of sp³-hybridized carbons (Fsp3) is 0.889. The molecule has 13 heteroatoms. The highest BCUT2D eigenvalue weighted by Crippen LogP contribution is 2.22. The Hall–Kier alpha value is -3.22. The van der Waals surface area contributed by atoms with Crippen LogP contribution in [0.15, 0.2) is 0 Å². The number of primary amides is 1. The zero-order valence-electron chi connectivity index (χ0n) is 43.5. The van der Waals surface area contributed by atoms with Gasteiger partial charge in [-0.05, 0) is 77.0 Å². The number of unbranched alkanes of at least 4 members (excludes halogenated alkanes) is 22. The van der Waals surface area contributed by atoms with Gasteiger partial charge in [0.1, 0.15) is 6.04 Å². The first-order chi connectivity index (χ1) is 32.5. The number of rotatable bonds is 49. The molecule has 4 amide bonds. The highest BCUT2D eigenvalue weighted by atomic mass is 16.5. The number of nitrogens with two attached hydrogens (primary N) is 2. The van der Waals surface area contributed by atoms with Crippen molar-refractivity contribution >= 4 is 35.6 Å². The SMILES string of the molecule is CCCCCCCCC(CCCCCC)C(=O)OCCCCCCNC(=O)CC[C@H](NC(=O)[C@@H](N)CCC(N)=O)C(=O)NCCCCCCOC(=O)C(CCCCCC)CCCCCCCC. The normalized spacial score (nSPS) is 13.0. The lowest BCUT2D eigenvalue weighted by molar-refractivity contribution is -0.150. The Morgan fingerprint density at radius 2 is 0.791 bits per heavy atom. The van der Waals surface area contributed by atoms with Crippen LogP contribution in [0, 0.1) is 11.8 Å². The predicted molar refractivity (Wildman–Crippen MR) is 273 cm³/mol. The van der Waals surface area contributed by atoms with E-state index in [1.54, 1.807) is 0 Å². The summed E-state index contributed by atoms with van der Waals surface area (Å²) < 4.78 is 11.5. The lowest BCUT2D eigenvalue weighted by Gasteiger charge is -2.20. The molecule has 0 rings (SSSR count). The maximum Gasteiger partial charge on any atom is 0.308 e. The number of carbonyl (C=O) groups excluding carboxylic acids is 6. The second-order valence-corrected chi connectivity index (χ2v) is 19.2. The van der Waals surface area contributed by atoms with Crippen LogP contribution >= 0.6 is 0 Å². The van der Waals surface area contributed by atoms with Crippen LogP contribution in [0.25, 0.3) is 0 Å². The summed E-state index contributed by atoms with van der Waals surface area (Å²) in [6, 6.07) is -2.00. The van der Waals surface area contributed by atoms with Crippen LogP contribution in [-0.2, 0) is 38.2 Å². The van der Waals surface area contributed by atoms with E-state index in [0.29, 0.717) is 32.7 Å². The van der Waals surface area contributed by atoms with Crippen molar-refractivity contribution in [2.75, 3.05) is 26.3 Å². The van der Waals surface area contributed by atoms with Crippen molar-refractivity contribution in [2.24, 2.45) is 23.3 Å². The van der Waals surface area contributed by atoms with Crippen LogP contribution in [0.3, 0.4) is 0 Å². The monoisotopic (exact) mass is 950 g/mol. The summed E-state index contributed by atoms with van der Waals surface area (Å²) in [6.45, 7) is 10.5. The second kappa shape index (κ2) is 46.5. The molecule has 0 aliphatic rings. The molecule has 0 aliphatic heterocycles. The van der Waals surface area contributed by atoms with Gasteiger partial charge < -0.3 is 36.9 Å². The first kappa shape index (κ1) is 63.8. The molecule has 7 N–H and O–H groups in total. The number of esters is 2. The zero-order chi connectivity index (χ0) is 49.6. The third-order valence-corrected chi connectivity index (χ3v) is 12.9. The molecule has 13 nitrogen and oxygen atoms in total. The topological polar surface area (TPSA) is 209 Å². The van der Waals surface area contributed by atoms with Crippen molar-refractivity contribution in [1.29, 1.82) is 0 Å². The van der Waals surface area contributed by atoms with E-state index in [9.17, 15) is 28.8 Å². The Bertz CT molecular complexity index is 1250. The maximum absolute atomic E-state index is 13.3. The number of ether oxygens (including phenoxy) is 2. The number of amides is 4. The summed E-state index contributed by atoms with van der Waals surface area (Å²) >= 11 is 0. The van der Waals surface area contributed by atoms with E-state index in [-0.39, 0.29) is 55.4 Å². The molecule has 0 aromatic rings. The van der Waals surface area contributed by atoms with Crippen molar-refractivity contribution in [3.8, 4) is 0 Å². The van der Waals surface area contributed by atoms with E-state index in [1.807, 2.05) is 0 Å². The molecule has 0 fully saturated rings. The highest BCUT2D eigenvalue weighted by molar-refractivity contribution is 5.90. The molecule has 4 atom stereocenters. The van der Waals surface area contributed by atoms with E-state index in [4.69, 9.17) is 20.9 Å². The van der Waals surface area contributed by atoms with E-state index in [0.717, 1.165) is 109 Å². The Balaban J connectivity index is 4.73. The fourth-order valence-corrected chi connectivity index (χ4v) is 8.38. The minimum absolute atomic E-state index is 0.00112. The Labute approximate surface area is 409 Å². The van der Waals surface area contributed by atoms with Crippen molar-refractivity contribution < 1.29 is 38.2 Å². The van der Waals surface area contributed by atoms with Crippen LogP contribution in [0.1, 0.15) is 259 Å². The average Bonchev–Trinajstić information content (AvgIpc) is 3.31. The lowest BCUT2D eigenvalue weighted by atomic mass is 9.94. The summed E-state index contributed by atoms with van der Waals surface area (Å²) in [4.78, 5) is 76.1. The van der Waals surface area contributed by atoms with Gasteiger partial charge in [0, 0.05) is 25.9 Å². The van der Waals surface area contributed by atoms with E-state index >= 15 is 0 Å². The van der Waals surface area contributed by atoms with Crippen LogP contribution < -0.4 is 27.4 Å². The van der Waals surface area contributed by atoms with E-state index in [2.05, 4.69) is 43.6 Å². The van der Waals surface area contributed by atoms with Gasteiger partial charge in [-0.2, -0.15) is 0 Å². The van der Waals surface area contributed by atoms with Gasteiger partial charge in [0.05, 0.1) is 31.1 Å². The molecule has 0 bridgehead atoms. The predicted octanol–water partition coefficient (Wildman–Crippen LogP) is 11.0. The van der Waals surface area contributed by atoms with Crippen molar-refractivity contribution in [1.82, 2.24) is 16.0 Å². The van der Waals surface area contributed by atoms with Crippen LogP contribution in [-0.4, -0.2) is 74.0 Å². The minimum Gasteiger partial charge on any atom is -0.465 e. The molecule has 0 aliphatic carbocycles. The van der Waals surface area contributed by atoms with Gasteiger partial charge in [0.25, 0.3) is 0 Å². The molecule has 0 spiro atoms. The summed E-state index contributed by atoms with van der Waals surface area (Å²) in [5.74, 6) is -1.91. The van der Waals surface area contributed by atoms with Gasteiger partial charge in [-0.15, -0.1) is 0 Å².